The lowest BCUT2D eigenvalue weighted by atomic mass is 9.99. The Bertz CT molecular complexity index is 233. The van der Waals surface area contributed by atoms with E-state index in [1.165, 1.54) is 5.57 Å². The van der Waals surface area contributed by atoms with Gasteiger partial charge in [-0.25, -0.2) is 0 Å². The molecule has 0 bridgehead atoms. The smallest absolute Gasteiger partial charge is 0.0986 e. The van der Waals surface area contributed by atoms with Gasteiger partial charge >= 0.3 is 0 Å². The molecule has 0 fully saturated rings. The number of hydrogen-bond donors (Lipinski definition) is 1. The Kier molecular flexibility index (Phi) is 2.29. The molecule has 0 aromatic carbocycles. The molecular weight excluding hydrogens is 150 g/mol. The van der Waals surface area contributed by atoms with Crippen molar-refractivity contribution in [2.45, 2.75) is 26.4 Å². The molecule has 2 heteroatoms. The van der Waals surface area contributed by atoms with Gasteiger partial charge in [-0.05, 0) is 26.8 Å². The van der Waals surface area contributed by atoms with Crippen molar-refractivity contribution >= 4 is 0 Å². The molecule has 0 amide bonds. The molecule has 0 aromatic heterocycles. The van der Waals surface area contributed by atoms with Crippen molar-refractivity contribution in [2.75, 3.05) is 13.6 Å². The van der Waals surface area contributed by atoms with Gasteiger partial charge in [-0.2, -0.15) is 0 Å². The van der Waals surface area contributed by atoms with Crippen molar-refractivity contribution in [1.29, 1.82) is 0 Å². The molecule has 0 radical (unpaired) electrons. The third-order valence-electron chi connectivity index (χ3n) is 2.09. The second-order valence-corrected chi connectivity index (χ2v) is 3.92. The maximum Gasteiger partial charge on any atom is 0.0986 e. The number of allylic oxidation sites excluding steroid dienone is 2. The first-order valence-electron chi connectivity index (χ1n) is 4.23. The predicted octanol–water partition coefficient (Wildman–Crippen LogP) is 1.53. The van der Waals surface area contributed by atoms with Crippen molar-refractivity contribution in [2.24, 2.45) is 0 Å². The number of likely N-dealkylation sites (N-methyl/N-ethyl adjacent to an activating group) is 1. The van der Waals surface area contributed by atoms with E-state index in [4.69, 9.17) is 0 Å². The summed E-state index contributed by atoms with van der Waals surface area (Å²) in [5.41, 5.74) is 1.48. The molecule has 68 valence electrons. The number of hydrogen-bond acceptors (Lipinski definition) is 2. The average molecular weight is 167 g/mol. The molecule has 1 heterocycles. The third-order valence-corrected chi connectivity index (χ3v) is 2.09. The van der Waals surface area contributed by atoms with Crippen LogP contribution in [0.4, 0.5) is 0 Å². The van der Waals surface area contributed by atoms with Gasteiger partial charge in [0.1, 0.15) is 0 Å². The van der Waals surface area contributed by atoms with Gasteiger partial charge in [0.15, 0.2) is 0 Å². The maximum absolute atomic E-state index is 9.79. The van der Waals surface area contributed by atoms with E-state index in [9.17, 15) is 5.11 Å². The monoisotopic (exact) mass is 167 g/mol. The zero-order valence-corrected chi connectivity index (χ0v) is 8.26. The molecule has 1 N–H and O–H groups in total. The normalized spacial score (nSPS) is 18.9. The van der Waals surface area contributed by atoms with Gasteiger partial charge in [-0.15, -0.1) is 0 Å². The highest BCUT2D eigenvalue weighted by Crippen LogP contribution is 2.23. The molecule has 0 saturated heterocycles. The van der Waals surface area contributed by atoms with Crippen LogP contribution in [0, 0.1) is 0 Å². The quantitative estimate of drug-likeness (QED) is 0.640. The predicted molar refractivity (Wildman–Crippen MR) is 50.8 cm³/mol. The Balaban J connectivity index is 2.94. The minimum Gasteiger partial charge on any atom is -0.384 e. The summed E-state index contributed by atoms with van der Waals surface area (Å²) < 4.78 is 0. The lowest BCUT2D eigenvalue weighted by Gasteiger charge is -2.33. The van der Waals surface area contributed by atoms with E-state index in [0.717, 1.165) is 12.2 Å². The van der Waals surface area contributed by atoms with E-state index in [1.54, 1.807) is 0 Å². The topological polar surface area (TPSA) is 23.5 Å². The average Bonchev–Trinajstić information content (AvgIpc) is 1.92. The molecule has 0 atom stereocenters. The Morgan fingerprint density at radius 2 is 2.08 bits per heavy atom. The maximum atomic E-state index is 9.79. The van der Waals surface area contributed by atoms with E-state index in [0.29, 0.717) is 0 Å². The second-order valence-electron chi connectivity index (χ2n) is 3.92. The Hall–Kier alpha value is -0.760. The lowest BCUT2D eigenvalue weighted by molar-refractivity contribution is 0.0893. The van der Waals surface area contributed by atoms with Crippen LogP contribution in [0.3, 0.4) is 0 Å². The van der Waals surface area contributed by atoms with Crippen molar-refractivity contribution in [1.82, 2.24) is 4.90 Å². The summed E-state index contributed by atoms with van der Waals surface area (Å²) in [6.07, 6.45) is 4.18. The Morgan fingerprint density at radius 1 is 1.50 bits per heavy atom. The third kappa shape index (κ3) is 1.89. The van der Waals surface area contributed by atoms with Gasteiger partial charge in [0.05, 0.1) is 5.60 Å². The van der Waals surface area contributed by atoms with Crippen LogP contribution in [0.5, 0.6) is 0 Å². The Labute approximate surface area is 74.2 Å². The van der Waals surface area contributed by atoms with Crippen LogP contribution in [0.1, 0.15) is 20.8 Å². The lowest BCUT2D eigenvalue weighted by Crippen LogP contribution is -2.35. The minimum atomic E-state index is -0.732. The number of nitrogens with zero attached hydrogens (tertiary/aromatic N) is 1. The molecule has 0 aromatic rings. The summed E-state index contributed by atoms with van der Waals surface area (Å²) >= 11 is 0. The van der Waals surface area contributed by atoms with Crippen LogP contribution in [0.15, 0.2) is 23.4 Å². The minimum absolute atomic E-state index is 0.732. The summed E-state index contributed by atoms with van der Waals surface area (Å²) in [6, 6.07) is 0. The van der Waals surface area contributed by atoms with Crippen LogP contribution in [-0.4, -0.2) is 29.2 Å². The molecule has 2 nitrogen and oxygen atoms in total. The van der Waals surface area contributed by atoms with Gasteiger partial charge in [0, 0.05) is 19.3 Å². The second kappa shape index (κ2) is 2.94. The molecule has 1 aliphatic rings. The zero-order valence-electron chi connectivity index (χ0n) is 8.26. The van der Waals surface area contributed by atoms with E-state index in [2.05, 4.69) is 17.9 Å². The first kappa shape index (κ1) is 9.33. The van der Waals surface area contributed by atoms with Crippen molar-refractivity contribution in [3.8, 4) is 0 Å². The van der Waals surface area contributed by atoms with Crippen molar-refractivity contribution in [3.05, 3.63) is 23.4 Å². The van der Waals surface area contributed by atoms with Gasteiger partial charge in [-0.3, -0.25) is 0 Å². The molecule has 12 heavy (non-hydrogen) atoms. The van der Waals surface area contributed by atoms with Crippen LogP contribution < -0.4 is 0 Å². The molecule has 0 aliphatic carbocycles. The number of aliphatic hydroxyl groups is 1. The summed E-state index contributed by atoms with van der Waals surface area (Å²) in [6.45, 7) is 6.57. The first-order valence-corrected chi connectivity index (χ1v) is 4.23. The molecule has 1 rings (SSSR count). The molecule has 0 unspecified atom stereocenters. The van der Waals surface area contributed by atoms with Crippen LogP contribution >= 0.6 is 0 Å². The molecule has 1 aliphatic heterocycles. The van der Waals surface area contributed by atoms with Crippen LogP contribution in [-0.2, 0) is 0 Å². The van der Waals surface area contributed by atoms with Crippen molar-refractivity contribution in [3.63, 3.8) is 0 Å². The first-order chi connectivity index (χ1) is 5.41. The molecule has 0 spiro atoms. The van der Waals surface area contributed by atoms with E-state index < -0.39 is 5.60 Å². The van der Waals surface area contributed by atoms with E-state index in [-0.39, 0.29) is 0 Å². The van der Waals surface area contributed by atoms with Gasteiger partial charge in [0.25, 0.3) is 0 Å². The zero-order chi connectivity index (χ0) is 9.35. The summed E-state index contributed by atoms with van der Waals surface area (Å²) in [7, 11) is 1.99. The molecular formula is C10H17NO. The summed E-state index contributed by atoms with van der Waals surface area (Å²) in [5.74, 6) is 0. The summed E-state index contributed by atoms with van der Waals surface area (Å²) in [4.78, 5) is 2.06. The van der Waals surface area contributed by atoms with Crippen molar-refractivity contribution < 1.29 is 5.11 Å². The van der Waals surface area contributed by atoms with Crippen LogP contribution in [0.2, 0.25) is 0 Å². The fourth-order valence-corrected chi connectivity index (χ4v) is 1.41. The van der Waals surface area contributed by atoms with Gasteiger partial charge in [0.2, 0.25) is 0 Å². The van der Waals surface area contributed by atoms with Gasteiger partial charge in [-0.1, -0.05) is 11.6 Å². The standard InChI is InChI=1S/C10H17NO/c1-8-5-6-11(4)9(7-8)10(2,3)12/h5,7,12H,6H2,1-4H3. The SMILES string of the molecule is CC1=CCN(C)C(C(C)(C)O)=C1. The highest BCUT2D eigenvalue weighted by atomic mass is 16.3. The highest BCUT2D eigenvalue weighted by molar-refractivity contribution is 5.29. The Morgan fingerprint density at radius 3 is 2.50 bits per heavy atom. The fourth-order valence-electron chi connectivity index (χ4n) is 1.41. The van der Waals surface area contributed by atoms with E-state index >= 15 is 0 Å². The van der Waals surface area contributed by atoms with E-state index in [1.807, 2.05) is 27.0 Å². The highest BCUT2D eigenvalue weighted by Gasteiger charge is 2.23. The van der Waals surface area contributed by atoms with Gasteiger partial charge < -0.3 is 10.0 Å². The fraction of sp³-hybridized carbons (Fsp3) is 0.600. The number of rotatable bonds is 1. The summed E-state index contributed by atoms with van der Waals surface area (Å²) in [5, 5.41) is 9.79. The molecule has 0 saturated carbocycles. The van der Waals surface area contributed by atoms with Crippen LogP contribution in [0.25, 0.3) is 0 Å². The largest absolute Gasteiger partial charge is 0.384 e.